The van der Waals surface area contributed by atoms with E-state index in [4.69, 9.17) is 15.1 Å². The highest BCUT2D eigenvalue weighted by Gasteiger charge is 2.03. The molecule has 0 aliphatic rings. The van der Waals surface area contributed by atoms with Crippen molar-refractivity contribution in [2.75, 3.05) is 13.2 Å². The number of hydrogen-bond acceptors (Lipinski definition) is 3. The Morgan fingerprint density at radius 3 is 2.93 bits per heavy atom. The minimum absolute atomic E-state index is 0.0713. The summed E-state index contributed by atoms with van der Waals surface area (Å²) < 4.78 is 18.0. The molecule has 0 amide bonds. The first-order valence-electron chi connectivity index (χ1n) is 4.15. The molecule has 0 unspecified atom stereocenters. The van der Waals surface area contributed by atoms with Crippen LogP contribution < -0.4 is 0 Å². The van der Waals surface area contributed by atoms with Crippen LogP contribution >= 0.6 is 0 Å². The van der Waals surface area contributed by atoms with Gasteiger partial charge >= 0.3 is 0 Å². The van der Waals surface area contributed by atoms with E-state index in [0.717, 1.165) is 0 Å². The predicted molar refractivity (Wildman–Crippen MR) is 47.9 cm³/mol. The first kappa shape index (κ1) is 10.6. The maximum absolute atomic E-state index is 13.1. The molecule has 0 aliphatic heterocycles. The number of ether oxygens (including phenoxy) is 1. The fourth-order valence-corrected chi connectivity index (χ4v) is 1.00. The van der Waals surface area contributed by atoms with Gasteiger partial charge in [-0.25, -0.2) is 4.39 Å². The number of halogens is 1. The molecule has 0 spiro atoms. The van der Waals surface area contributed by atoms with Crippen LogP contribution in [-0.4, -0.2) is 18.3 Å². The zero-order valence-electron chi connectivity index (χ0n) is 7.53. The summed E-state index contributed by atoms with van der Waals surface area (Å²) >= 11 is 0. The zero-order valence-corrected chi connectivity index (χ0v) is 7.53. The third-order valence-electron chi connectivity index (χ3n) is 1.67. The van der Waals surface area contributed by atoms with Crippen LogP contribution in [-0.2, 0) is 11.3 Å². The Bertz CT molecular complexity index is 346. The average molecular weight is 195 g/mol. The third-order valence-corrected chi connectivity index (χ3v) is 1.67. The van der Waals surface area contributed by atoms with Gasteiger partial charge in [0.2, 0.25) is 0 Å². The first-order valence-corrected chi connectivity index (χ1v) is 4.15. The summed E-state index contributed by atoms with van der Waals surface area (Å²) in [6.45, 7) is 0.137. The molecular weight excluding hydrogens is 185 g/mol. The Labute approximate surface area is 81.4 Å². The number of aliphatic hydroxyl groups excluding tert-OH is 1. The molecule has 1 rings (SSSR count). The number of benzene rings is 1. The van der Waals surface area contributed by atoms with E-state index in [-0.39, 0.29) is 19.8 Å². The largest absolute Gasteiger partial charge is 0.394 e. The molecule has 0 saturated heterocycles. The van der Waals surface area contributed by atoms with E-state index in [9.17, 15) is 4.39 Å². The van der Waals surface area contributed by atoms with Crippen LogP contribution in [0.1, 0.15) is 11.1 Å². The molecule has 1 N–H and O–H groups in total. The average Bonchev–Trinajstić information content (AvgIpc) is 2.21. The Kier molecular flexibility index (Phi) is 4.05. The van der Waals surface area contributed by atoms with Gasteiger partial charge in [0, 0.05) is 5.56 Å². The number of nitriles is 1. The van der Waals surface area contributed by atoms with Gasteiger partial charge in [-0.15, -0.1) is 0 Å². The molecule has 3 nitrogen and oxygen atoms in total. The van der Waals surface area contributed by atoms with Crippen molar-refractivity contribution in [3.63, 3.8) is 0 Å². The SMILES string of the molecule is N#Cc1ccc(F)c(COCCO)c1. The summed E-state index contributed by atoms with van der Waals surface area (Å²) in [7, 11) is 0. The second kappa shape index (κ2) is 5.32. The van der Waals surface area contributed by atoms with E-state index in [1.54, 1.807) is 0 Å². The lowest BCUT2D eigenvalue weighted by Gasteiger charge is -2.03. The third kappa shape index (κ3) is 2.80. The second-order valence-corrected chi connectivity index (χ2v) is 2.69. The molecule has 0 saturated carbocycles. The van der Waals surface area contributed by atoms with E-state index in [1.165, 1.54) is 18.2 Å². The molecule has 0 aromatic heterocycles. The number of hydrogen-bond donors (Lipinski definition) is 1. The van der Waals surface area contributed by atoms with Gasteiger partial charge in [-0.3, -0.25) is 0 Å². The van der Waals surface area contributed by atoms with Gasteiger partial charge in [0.05, 0.1) is 31.5 Å². The molecule has 0 aliphatic carbocycles. The summed E-state index contributed by atoms with van der Waals surface area (Å²) in [5.74, 6) is -0.401. The lowest BCUT2D eigenvalue weighted by molar-refractivity contribution is 0.0799. The van der Waals surface area contributed by atoms with E-state index in [2.05, 4.69) is 0 Å². The zero-order chi connectivity index (χ0) is 10.4. The smallest absolute Gasteiger partial charge is 0.128 e. The molecule has 0 bridgehead atoms. The standard InChI is InChI=1S/C10H10FNO2/c11-10-2-1-8(6-12)5-9(10)7-14-4-3-13/h1-2,5,13H,3-4,7H2. The summed E-state index contributed by atoms with van der Waals surface area (Å²) in [6.07, 6.45) is 0. The number of aliphatic hydroxyl groups is 1. The van der Waals surface area contributed by atoms with Gasteiger partial charge in [-0.2, -0.15) is 5.26 Å². The summed E-state index contributed by atoms with van der Waals surface area (Å²) in [6, 6.07) is 5.99. The highest BCUT2D eigenvalue weighted by molar-refractivity contribution is 5.33. The van der Waals surface area contributed by atoms with E-state index < -0.39 is 5.82 Å². The van der Waals surface area contributed by atoms with Crippen molar-refractivity contribution >= 4 is 0 Å². The molecule has 14 heavy (non-hydrogen) atoms. The Morgan fingerprint density at radius 2 is 2.29 bits per heavy atom. The fraction of sp³-hybridized carbons (Fsp3) is 0.300. The first-order chi connectivity index (χ1) is 6.77. The molecule has 1 aromatic carbocycles. The number of nitrogens with zero attached hydrogens (tertiary/aromatic N) is 1. The van der Waals surface area contributed by atoms with Gasteiger partial charge in [-0.05, 0) is 18.2 Å². The van der Waals surface area contributed by atoms with Crippen molar-refractivity contribution in [2.45, 2.75) is 6.61 Å². The van der Waals surface area contributed by atoms with Crippen LogP contribution in [0.3, 0.4) is 0 Å². The van der Waals surface area contributed by atoms with Crippen LogP contribution in [0.5, 0.6) is 0 Å². The van der Waals surface area contributed by atoms with Crippen molar-refractivity contribution in [1.82, 2.24) is 0 Å². The monoisotopic (exact) mass is 195 g/mol. The molecule has 0 radical (unpaired) electrons. The van der Waals surface area contributed by atoms with Crippen LogP contribution in [0.15, 0.2) is 18.2 Å². The minimum atomic E-state index is -0.401. The van der Waals surface area contributed by atoms with Crippen LogP contribution in [0.4, 0.5) is 4.39 Å². The molecule has 0 atom stereocenters. The summed E-state index contributed by atoms with van der Waals surface area (Å²) in [4.78, 5) is 0. The Hall–Kier alpha value is -1.44. The van der Waals surface area contributed by atoms with Crippen molar-refractivity contribution in [3.05, 3.63) is 35.1 Å². The lowest BCUT2D eigenvalue weighted by atomic mass is 10.1. The molecular formula is C10H10FNO2. The minimum Gasteiger partial charge on any atom is -0.394 e. The van der Waals surface area contributed by atoms with E-state index in [0.29, 0.717) is 11.1 Å². The molecule has 0 fully saturated rings. The normalized spacial score (nSPS) is 9.79. The summed E-state index contributed by atoms with van der Waals surface area (Å²) in [5, 5.41) is 17.0. The fourth-order valence-electron chi connectivity index (χ4n) is 1.00. The van der Waals surface area contributed by atoms with Crippen molar-refractivity contribution in [2.24, 2.45) is 0 Å². The van der Waals surface area contributed by atoms with Crippen molar-refractivity contribution in [1.29, 1.82) is 5.26 Å². The van der Waals surface area contributed by atoms with Crippen molar-refractivity contribution < 1.29 is 14.2 Å². The Morgan fingerprint density at radius 1 is 1.50 bits per heavy atom. The van der Waals surface area contributed by atoms with Crippen LogP contribution in [0.2, 0.25) is 0 Å². The van der Waals surface area contributed by atoms with E-state index >= 15 is 0 Å². The summed E-state index contributed by atoms with van der Waals surface area (Å²) in [5.41, 5.74) is 0.728. The van der Waals surface area contributed by atoms with Gasteiger partial charge in [0.15, 0.2) is 0 Å². The van der Waals surface area contributed by atoms with Crippen molar-refractivity contribution in [3.8, 4) is 6.07 Å². The molecule has 4 heteroatoms. The van der Waals surface area contributed by atoms with Crippen LogP contribution in [0.25, 0.3) is 0 Å². The topological polar surface area (TPSA) is 53.2 Å². The molecule has 1 aromatic rings. The maximum Gasteiger partial charge on any atom is 0.128 e. The lowest BCUT2D eigenvalue weighted by Crippen LogP contribution is -2.01. The highest BCUT2D eigenvalue weighted by atomic mass is 19.1. The molecule has 0 heterocycles. The van der Waals surface area contributed by atoms with Gasteiger partial charge < -0.3 is 9.84 Å². The Balaban J connectivity index is 2.70. The highest BCUT2D eigenvalue weighted by Crippen LogP contribution is 2.10. The quantitative estimate of drug-likeness (QED) is 0.734. The predicted octanol–water partition coefficient (Wildman–Crippen LogP) is 1.21. The maximum atomic E-state index is 13.1. The van der Waals surface area contributed by atoms with E-state index in [1.807, 2.05) is 6.07 Å². The second-order valence-electron chi connectivity index (χ2n) is 2.69. The van der Waals surface area contributed by atoms with Gasteiger partial charge in [-0.1, -0.05) is 0 Å². The molecule has 74 valence electrons. The number of rotatable bonds is 4. The van der Waals surface area contributed by atoms with Crippen LogP contribution in [0, 0.1) is 17.1 Å². The van der Waals surface area contributed by atoms with Gasteiger partial charge in [0.25, 0.3) is 0 Å². The van der Waals surface area contributed by atoms with Gasteiger partial charge in [0.1, 0.15) is 5.82 Å².